The lowest BCUT2D eigenvalue weighted by molar-refractivity contribution is 0.414. The highest BCUT2D eigenvalue weighted by atomic mass is 15.1. The van der Waals surface area contributed by atoms with Gasteiger partial charge in [0.2, 0.25) is 0 Å². The highest BCUT2D eigenvalue weighted by Crippen LogP contribution is 2.18. The van der Waals surface area contributed by atoms with Gasteiger partial charge in [-0.1, -0.05) is 18.6 Å². The summed E-state index contributed by atoms with van der Waals surface area (Å²) in [5.41, 5.74) is 7.65. The summed E-state index contributed by atoms with van der Waals surface area (Å²) in [6.45, 7) is 1.95. The Kier molecular flexibility index (Phi) is 3.46. The maximum absolute atomic E-state index is 5.95. The van der Waals surface area contributed by atoms with E-state index in [9.17, 15) is 0 Å². The van der Waals surface area contributed by atoms with Crippen molar-refractivity contribution < 1.29 is 0 Å². The minimum absolute atomic E-state index is 0.467. The summed E-state index contributed by atoms with van der Waals surface area (Å²) < 4.78 is 0. The number of nitrogens with one attached hydrogen (secondary N) is 2. The zero-order chi connectivity index (χ0) is 13.1. The van der Waals surface area contributed by atoms with Gasteiger partial charge in [-0.05, 0) is 31.5 Å². The number of nitrogens with two attached hydrogens (primary N) is 1. The monoisotopic (exact) mass is 257 g/mol. The number of nitrogen functional groups attached to an aromatic ring is 1. The van der Waals surface area contributed by atoms with Crippen LogP contribution in [0, 0.1) is 0 Å². The van der Waals surface area contributed by atoms with Crippen molar-refractivity contribution in [3.8, 4) is 0 Å². The number of anilines is 2. The summed E-state index contributed by atoms with van der Waals surface area (Å²) in [7, 11) is 0. The summed E-state index contributed by atoms with van der Waals surface area (Å²) in [6, 6.07) is 8.27. The average Bonchev–Trinajstić information content (AvgIpc) is 2.46. The highest BCUT2D eigenvalue weighted by molar-refractivity contribution is 5.79. The van der Waals surface area contributed by atoms with E-state index in [1.54, 1.807) is 0 Å². The highest BCUT2D eigenvalue weighted by Gasteiger charge is 2.13. The first-order valence-corrected chi connectivity index (χ1v) is 6.82. The van der Waals surface area contributed by atoms with Gasteiger partial charge in [0.25, 0.3) is 0 Å². The van der Waals surface area contributed by atoms with Crippen LogP contribution in [0.1, 0.15) is 19.3 Å². The maximum atomic E-state index is 5.95. The van der Waals surface area contributed by atoms with Crippen LogP contribution in [0.4, 0.5) is 11.6 Å². The minimum Gasteiger partial charge on any atom is -0.381 e. The Morgan fingerprint density at radius 3 is 2.74 bits per heavy atom. The smallest absolute Gasteiger partial charge is 0.169 e. The molecule has 3 rings (SSSR count). The number of benzene rings is 1. The van der Waals surface area contributed by atoms with Crippen LogP contribution >= 0.6 is 0 Å². The van der Waals surface area contributed by atoms with Crippen molar-refractivity contribution in [3.63, 3.8) is 0 Å². The third-order valence-corrected chi connectivity index (χ3v) is 3.53. The predicted molar refractivity (Wildman–Crippen MR) is 78.1 cm³/mol. The summed E-state index contributed by atoms with van der Waals surface area (Å²) in [5.74, 6) is 1.15. The lowest BCUT2D eigenvalue weighted by Crippen LogP contribution is -2.39. The van der Waals surface area contributed by atoms with Crippen LogP contribution in [0.5, 0.6) is 0 Å². The number of aromatic nitrogens is 2. The molecule has 1 aromatic heterocycles. The zero-order valence-corrected chi connectivity index (χ0v) is 10.9. The van der Waals surface area contributed by atoms with Gasteiger partial charge in [0.1, 0.15) is 0 Å². The van der Waals surface area contributed by atoms with E-state index >= 15 is 0 Å². The first-order chi connectivity index (χ1) is 9.33. The molecule has 5 heteroatoms. The second-order valence-electron chi connectivity index (χ2n) is 4.97. The van der Waals surface area contributed by atoms with Gasteiger partial charge in [-0.3, -0.25) is 0 Å². The van der Waals surface area contributed by atoms with Gasteiger partial charge in [0, 0.05) is 12.6 Å². The summed E-state index contributed by atoms with van der Waals surface area (Å²) in [6.07, 6.45) is 3.76. The first-order valence-electron chi connectivity index (χ1n) is 6.82. The number of rotatable bonds is 3. The minimum atomic E-state index is 0.467. The molecule has 1 fully saturated rings. The molecule has 2 aromatic rings. The molecule has 0 radical (unpaired) electrons. The molecule has 1 saturated heterocycles. The van der Waals surface area contributed by atoms with Crippen LogP contribution in [0.15, 0.2) is 24.3 Å². The molecule has 4 N–H and O–H groups in total. The van der Waals surface area contributed by atoms with E-state index in [-0.39, 0.29) is 0 Å². The van der Waals surface area contributed by atoms with E-state index < -0.39 is 0 Å². The van der Waals surface area contributed by atoms with Gasteiger partial charge in [-0.2, -0.15) is 0 Å². The van der Waals surface area contributed by atoms with Crippen LogP contribution in [0.25, 0.3) is 11.0 Å². The Balaban J connectivity index is 1.74. The van der Waals surface area contributed by atoms with E-state index in [0.717, 1.165) is 24.1 Å². The zero-order valence-electron chi connectivity index (χ0n) is 10.9. The van der Waals surface area contributed by atoms with Crippen molar-refractivity contribution in [2.24, 2.45) is 0 Å². The second-order valence-corrected chi connectivity index (χ2v) is 4.97. The summed E-state index contributed by atoms with van der Waals surface area (Å²) >= 11 is 0. The summed E-state index contributed by atoms with van der Waals surface area (Å²) in [4.78, 5) is 8.90. The number of hydrogen-bond acceptors (Lipinski definition) is 5. The molecule has 1 aromatic carbocycles. The molecule has 0 bridgehead atoms. The van der Waals surface area contributed by atoms with E-state index in [1.165, 1.54) is 19.3 Å². The van der Waals surface area contributed by atoms with E-state index in [0.29, 0.717) is 17.7 Å². The fraction of sp³-hybridized carbons (Fsp3) is 0.429. The quantitative estimate of drug-likeness (QED) is 0.781. The number of para-hydroxylation sites is 2. The Bertz CT molecular complexity index is 563. The first kappa shape index (κ1) is 12.2. The predicted octanol–water partition coefficient (Wildman–Crippen LogP) is 1.77. The molecule has 0 unspecified atom stereocenters. The third kappa shape index (κ3) is 2.76. The molecular weight excluding hydrogens is 238 g/mol. The van der Waals surface area contributed by atoms with Crippen LogP contribution < -0.4 is 16.4 Å². The Morgan fingerprint density at radius 1 is 1.21 bits per heavy atom. The van der Waals surface area contributed by atoms with Gasteiger partial charge in [0.15, 0.2) is 11.6 Å². The van der Waals surface area contributed by atoms with E-state index in [2.05, 4.69) is 20.6 Å². The van der Waals surface area contributed by atoms with Gasteiger partial charge in [-0.25, -0.2) is 9.97 Å². The van der Waals surface area contributed by atoms with Crippen LogP contribution in [0.2, 0.25) is 0 Å². The lowest BCUT2D eigenvalue weighted by Gasteiger charge is -2.24. The normalized spacial score (nSPS) is 19.5. The SMILES string of the molecule is Nc1nc2ccccc2nc1NC[C@H]1CCCCN1. The lowest BCUT2D eigenvalue weighted by atomic mass is 10.1. The van der Waals surface area contributed by atoms with Crippen molar-refractivity contribution >= 4 is 22.7 Å². The van der Waals surface area contributed by atoms with Crippen LogP contribution in [0.3, 0.4) is 0 Å². The summed E-state index contributed by atoms with van der Waals surface area (Å²) in [5, 5.41) is 6.81. The topological polar surface area (TPSA) is 75.9 Å². The Hall–Kier alpha value is -1.88. The molecule has 1 aliphatic rings. The number of piperidine rings is 1. The van der Waals surface area contributed by atoms with Crippen LogP contribution in [-0.4, -0.2) is 29.1 Å². The molecule has 0 aliphatic carbocycles. The number of hydrogen-bond donors (Lipinski definition) is 3. The van der Waals surface area contributed by atoms with E-state index in [4.69, 9.17) is 5.73 Å². The van der Waals surface area contributed by atoms with E-state index in [1.807, 2.05) is 24.3 Å². The molecular formula is C14H19N5. The molecule has 5 nitrogen and oxygen atoms in total. The van der Waals surface area contributed by atoms with Gasteiger partial charge < -0.3 is 16.4 Å². The largest absolute Gasteiger partial charge is 0.381 e. The van der Waals surface area contributed by atoms with Gasteiger partial charge in [-0.15, -0.1) is 0 Å². The number of fused-ring (bicyclic) bond motifs is 1. The maximum Gasteiger partial charge on any atom is 0.169 e. The third-order valence-electron chi connectivity index (χ3n) is 3.53. The van der Waals surface area contributed by atoms with Crippen molar-refractivity contribution in [2.75, 3.05) is 24.1 Å². The molecule has 1 atom stereocenters. The fourth-order valence-corrected chi connectivity index (χ4v) is 2.46. The molecule has 19 heavy (non-hydrogen) atoms. The molecule has 2 heterocycles. The van der Waals surface area contributed by atoms with Crippen LogP contribution in [-0.2, 0) is 0 Å². The van der Waals surface area contributed by atoms with Crippen molar-refractivity contribution in [3.05, 3.63) is 24.3 Å². The van der Waals surface area contributed by atoms with Crippen molar-refractivity contribution in [1.82, 2.24) is 15.3 Å². The molecule has 0 spiro atoms. The van der Waals surface area contributed by atoms with Crippen molar-refractivity contribution in [1.29, 1.82) is 0 Å². The fourth-order valence-electron chi connectivity index (χ4n) is 2.46. The Labute approximate surface area is 112 Å². The van der Waals surface area contributed by atoms with Crippen molar-refractivity contribution in [2.45, 2.75) is 25.3 Å². The number of nitrogens with zero attached hydrogens (tertiary/aromatic N) is 2. The average molecular weight is 257 g/mol. The molecule has 1 aliphatic heterocycles. The van der Waals surface area contributed by atoms with Gasteiger partial charge in [0.05, 0.1) is 11.0 Å². The Morgan fingerprint density at radius 2 is 2.00 bits per heavy atom. The molecule has 0 amide bonds. The van der Waals surface area contributed by atoms with Gasteiger partial charge >= 0.3 is 0 Å². The standard InChI is InChI=1S/C14H19N5/c15-13-14(17-9-10-5-3-4-8-16-10)19-12-7-2-1-6-11(12)18-13/h1-2,6-7,10,16H,3-5,8-9H2,(H2,15,18)(H,17,19)/t10-/m1/s1. The molecule has 100 valence electrons. The molecule has 0 saturated carbocycles. The second kappa shape index (κ2) is 5.40.